The Morgan fingerprint density at radius 2 is 2.00 bits per heavy atom. The number of ether oxygens (including phenoxy) is 1. The largest absolute Gasteiger partial charge is 0.494 e. The number of fused-ring (bicyclic) bond motifs is 1. The third-order valence-corrected chi connectivity index (χ3v) is 3.45. The Hall–Kier alpha value is -3.02. The van der Waals surface area contributed by atoms with Crippen molar-refractivity contribution in [1.82, 2.24) is 4.57 Å². The van der Waals surface area contributed by atoms with E-state index in [0.717, 1.165) is 5.52 Å². The minimum Gasteiger partial charge on any atom is -0.494 e. The fourth-order valence-corrected chi connectivity index (χ4v) is 2.36. The van der Waals surface area contributed by atoms with Crippen LogP contribution in [0.3, 0.4) is 0 Å². The summed E-state index contributed by atoms with van der Waals surface area (Å²) in [6, 6.07) is 13.6. The van der Waals surface area contributed by atoms with Crippen LogP contribution < -0.4 is 10.5 Å². The van der Waals surface area contributed by atoms with Gasteiger partial charge in [-0.15, -0.1) is 0 Å². The molecule has 0 aliphatic heterocycles. The molecule has 0 saturated carbocycles. The number of hydrogen-bond donors (Lipinski definition) is 1. The maximum absolute atomic E-state index is 11.8. The number of rotatable bonds is 6. The number of nitrogens with zero attached hydrogens (tertiary/aromatic N) is 1. The molecule has 0 bridgehead atoms. The van der Waals surface area contributed by atoms with Crippen molar-refractivity contribution in [1.29, 1.82) is 0 Å². The Kier molecular flexibility index (Phi) is 4.14. The molecule has 3 rings (SSSR count). The van der Waals surface area contributed by atoms with Crippen LogP contribution in [-0.4, -0.2) is 22.2 Å². The van der Waals surface area contributed by atoms with E-state index in [9.17, 15) is 9.59 Å². The summed E-state index contributed by atoms with van der Waals surface area (Å²) in [4.78, 5) is 22.7. The summed E-state index contributed by atoms with van der Waals surface area (Å²) in [5, 5.41) is 8.93. The Bertz CT molecular complexity index is 893. The van der Waals surface area contributed by atoms with Crippen molar-refractivity contribution >= 4 is 17.1 Å². The van der Waals surface area contributed by atoms with Gasteiger partial charge in [-0.25, -0.2) is 9.59 Å². The first-order valence-electron chi connectivity index (χ1n) is 7.20. The lowest BCUT2D eigenvalue weighted by atomic mass is 10.2. The lowest BCUT2D eigenvalue weighted by Crippen LogP contribution is -2.15. The molecule has 1 heterocycles. The van der Waals surface area contributed by atoms with Crippen molar-refractivity contribution in [3.05, 3.63) is 64.6 Å². The first-order valence-corrected chi connectivity index (χ1v) is 7.20. The highest BCUT2D eigenvalue weighted by Crippen LogP contribution is 2.15. The second kappa shape index (κ2) is 6.39. The molecule has 0 unspecified atom stereocenters. The topological polar surface area (TPSA) is 81.7 Å². The van der Waals surface area contributed by atoms with E-state index in [1.165, 1.54) is 12.1 Å². The van der Waals surface area contributed by atoms with E-state index in [1.54, 1.807) is 22.8 Å². The van der Waals surface area contributed by atoms with Gasteiger partial charge in [0.1, 0.15) is 5.75 Å². The smallest absolute Gasteiger partial charge is 0.419 e. The number of carboxylic acid groups (broad SMARTS) is 1. The molecule has 0 radical (unpaired) electrons. The minimum atomic E-state index is -0.994. The zero-order valence-corrected chi connectivity index (χ0v) is 12.3. The number of aromatic carboxylic acids is 1. The second-order valence-electron chi connectivity index (χ2n) is 5.02. The fourth-order valence-electron chi connectivity index (χ4n) is 2.36. The number of oxazole rings is 1. The fraction of sp³-hybridized carbons (Fsp3) is 0.176. The zero-order chi connectivity index (χ0) is 16.2. The van der Waals surface area contributed by atoms with E-state index >= 15 is 0 Å². The first-order chi connectivity index (χ1) is 11.1. The number of carboxylic acids is 1. The Labute approximate surface area is 131 Å². The molecule has 0 aliphatic rings. The first kappa shape index (κ1) is 14.9. The quantitative estimate of drug-likeness (QED) is 0.708. The Morgan fingerprint density at radius 3 is 2.83 bits per heavy atom. The van der Waals surface area contributed by atoms with Crippen LogP contribution >= 0.6 is 0 Å². The third kappa shape index (κ3) is 3.26. The number of carbonyl (C=O) groups is 1. The number of benzene rings is 2. The van der Waals surface area contributed by atoms with Crippen LogP contribution in [-0.2, 0) is 6.54 Å². The molecule has 118 valence electrons. The molecule has 1 N–H and O–H groups in total. The predicted molar refractivity (Wildman–Crippen MR) is 84.0 cm³/mol. The SMILES string of the molecule is O=C(O)c1cccc(OCCCn2c(=O)oc3ccccc32)c1. The van der Waals surface area contributed by atoms with Gasteiger partial charge in [0, 0.05) is 6.54 Å². The summed E-state index contributed by atoms with van der Waals surface area (Å²) in [6.45, 7) is 0.837. The molecule has 0 fully saturated rings. The molecule has 3 aromatic rings. The summed E-state index contributed by atoms with van der Waals surface area (Å²) < 4.78 is 12.3. The van der Waals surface area contributed by atoms with Crippen LogP contribution in [0.2, 0.25) is 0 Å². The van der Waals surface area contributed by atoms with Crippen LogP contribution in [0.5, 0.6) is 5.75 Å². The van der Waals surface area contributed by atoms with Crippen molar-refractivity contribution in [2.45, 2.75) is 13.0 Å². The van der Waals surface area contributed by atoms with E-state index in [2.05, 4.69) is 0 Å². The van der Waals surface area contributed by atoms with Gasteiger partial charge in [0.15, 0.2) is 5.58 Å². The molecule has 0 aliphatic carbocycles. The van der Waals surface area contributed by atoms with Gasteiger partial charge < -0.3 is 14.3 Å². The van der Waals surface area contributed by atoms with E-state index in [-0.39, 0.29) is 11.3 Å². The van der Waals surface area contributed by atoms with Gasteiger partial charge in [-0.2, -0.15) is 0 Å². The summed E-state index contributed by atoms with van der Waals surface area (Å²) in [6.07, 6.45) is 0.598. The monoisotopic (exact) mass is 313 g/mol. The molecular weight excluding hydrogens is 298 g/mol. The van der Waals surface area contributed by atoms with Gasteiger partial charge in [-0.05, 0) is 36.8 Å². The van der Waals surface area contributed by atoms with Crippen molar-refractivity contribution < 1.29 is 19.1 Å². The van der Waals surface area contributed by atoms with Gasteiger partial charge in [0.25, 0.3) is 0 Å². The van der Waals surface area contributed by atoms with Crippen LogP contribution in [0.4, 0.5) is 0 Å². The van der Waals surface area contributed by atoms with Crippen LogP contribution in [0.15, 0.2) is 57.7 Å². The molecule has 0 saturated heterocycles. The molecule has 6 heteroatoms. The van der Waals surface area contributed by atoms with Crippen molar-refractivity contribution in [3.8, 4) is 5.75 Å². The zero-order valence-electron chi connectivity index (χ0n) is 12.3. The molecule has 0 atom stereocenters. The molecule has 6 nitrogen and oxygen atoms in total. The van der Waals surface area contributed by atoms with Gasteiger partial charge in [-0.1, -0.05) is 18.2 Å². The highest BCUT2D eigenvalue weighted by atomic mass is 16.5. The molecule has 0 spiro atoms. The average Bonchev–Trinajstić information content (AvgIpc) is 2.87. The Morgan fingerprint density at radius 1 is 1.17 bits per heavy atom. The number of aromatic nitrogens is 1. The minimum absolute atomic E-state index is 0.180. The summed E-state index contributed by atoms with van der Waals surface area (Å²) >= 11 is 0. The predicted octanol–water partition coefficient (Wildman–Crippen LogP) is 2.76. The van der Waals surface area contributed by atoms with Gasteiger partial charge in [-0.3, -0.25) is 4.57 Å². The lowest BCUT2D eigenvalue weighted by molar-refractivity contribution is 0.0696. The molecule has 2 aromatic carbocycles. The van der Waals surface area contributed by atoms with Crippen LogP contribution in [0.1, 0.15) is 16.8 Å². The molecule has 0 amide bonds. The van der Waals surface area contributed by atoms with E-state index in [4.69, 9.17) is 14.3 Å². The third-order valence-electron chi connectivity index (χ3n) is 3.45. The van der Waals surface area contributed by atoms with Gasteiger partial charge in [0.2, 0.25) is 0 Å². The summed E-state index contributed by atoms with van der Waals surface area (Å²) in [5.41, 5.74) is 1.50. The van der Waals surface area contributed by atoms with E-state index in [0.29, 0.717) is 30.9 Å². The number of para-hydroxylation sites is 2. The molecule has 1 aromatic heterocycles. The van der Waals surface area contributed by atoms with Crippen molar-refractivity contribution in [2.75, 3.05) is 6.61 Å². The van der Waals surface area contributed by atoms with E-state index in [1.807, 2.05) is 18.2 Å². The van der Waals surface area contributed by atoms with Gasteiger partial charge >= 0.3 is 11.7 Å². The highest BCUT2D eigenvalue weighted by Gasteiger charge is 2.08. The maximum Gasteiger partial charge on any atom is 0.419 e. The van der Waals surface area contributed by atoms with Crippen LogP contribution in [0, 0.1) is 0 Å². The second-order valence-corrected chi connectivity index (χ2v) is 5.02. The summed E-state index contributed by atoms with van der Waals surface area (Å²) in [5.74, 6) is -0.889. The number of hydrogen-bond acceptors (Lipinski definition) is 4. The Balaban J connectivity index is 1.61. The molecular formula is C17H15NO5. The van der Waals surface area contributed by atoms with Crippen LogP contribution in [0.25, 0.3) is 11.1 Å². The lowest BCUT2D eigenvalue weighted by Gasteiger charge is -2.07. The highest BCUT2D eigenvalue weighted by molar-refractivity contribution is 5.88. The average molecular weight is 313 g/mol. The standard InChI is InChI=1S/C17H15NO5/c19-16(20)12-5-3-6-13(11-12)22-10-4-9-18-14-7-1-2-8-15(14)23-17(18)21/h1-3,5-8,11H,4,9-10H2,(H,19,20). The van der Waals surface area contributed by atoms with E-state index < -0.39 is 5.97 Å². The number of aryl methyl sites for hydroxylation is 1. The van der Waals surface area contributed by atoms with Crippen molar-refractivity contribution in [3.63, 3.8) is 0 Å². The maximum atomic E-state index is 11.8. The van der Waals surface area contributed by atoms with Gasteiger partial charge in [0.05, 0.1) is 17.7 Å². The normalized spacial score (nSPS) is 10.8. The molecule has 23 heavy (non-hydrogen) atoms. The summed E-state index contributed by atoms with van der Waals surface area (Å²) in [7, 11) is 0. The van der Waals surface area contributed by atoms with Crippen molar-refractivity contribution in [2.24, 2.45) is 0 Å².